The number of thioether (sulfide) groups is 1. The zero-order valence-corrected chi connectivity index (χ0v) is 14.7. The Balaban J connectivity index is 1.83. The number of halogens is 1. The van der Waals surface area contributed by atoms with Gasteiger partial charge in [-0.1, -0.05) is 39.8 Å². The molecule has 1 aromatic carbocycles. The van der Waals surface area contributed by atoms with Gasteiger partial charge in [0.2, 0.25) is 5.91 Å². The number of hydrogen-bond donors (Lipinski definition) is 1. The Hall–Kier alpha value is -1.60. The summed E-state index contributed by atoms with van der Waals surface area (Å²) in [5.74, 6) is 1.48. The van der Waals surface area contributed by atoms with E-state index >= 15 is 0 Å². The SMILES string of the molecule is C=CCn1c(C)nnc1SCCC(=O)Nc1cccc(Br)c1. The van der Waals surface area contributed by atoms with Crippen LogP contribution in [0.3, 0.4) is 0 Å². The number of rotatable bonds is 7. The summed E-state index contributed by atoms with van der Waals surface area (Å²) in [5.41, 5.74) is 0.787. The minimum atomic E-state index is -0.0166. The smallest absolute Gasteiger partial charge is 0.225 e. The van der Waals surface area contributed by atoms with E-state index in [4.69, 9.17) is 0 Å². The first kappa shape index (κ1) is 16.8. The minimum absolute atomic E-state index is 0.0166. The number of nitrogens with zero attached hydrogens (tertiary/aromatic N) is 3. The van der Waals surface area contributed by atoms with Crippen molar-refractivity contribution in [3.63, 3.8) is 0 Å². The second kappa shape index (κ2) is 8.14. The minimum Gasteiger partial charge on any atom is -0.326 e. The standard InChI is InChI=1S/C15H17BrN4OS/c1-3-8-20-11(2)18-19-15(20)22-9-7-14(21)17-13-6-4-5-12(16)10-13/h3-6,10H,1,7-9H2,2H3,(H,17,21). The molecular formula is C15H17BrN4OS. The topological polar surface area (TPSA) is 59.8 Å². The first-order chi connectivity index (χ1) is 10.6. The summed E-state index contributed by atoms with van der Waals surface area (Å²) in [5, 5.41) is 11.9. The Labute approximate surface area is 142 Å². The lowest BCUT2D eigenvalue weighted by molar-refractivity contribution is -0.115. The van der Waals surface area contributed by atoms with Crippen LogP contribution in [0.2, 0.25) is 0 Å². The average molecular weight is 381 g/mol. The van der Waals surface area contributed by atoms with Gasteiger partial charge in [-0.2, -0.15) is 0 Å². The van der Waals surface area contributed by atoms with Crippen LogP contribution in [0.25, 0.3) is 0 Å². The van der Waals surface area contributed by atoms with E-state index in [-0.39, 0.29) is 5.91 Å². The van der Waals surface area contributed by atoms with E-state index in [9.17, 15) is 4.79 Å². The number of aryl methyl sites for hydroxylation is 1. The van der Waals surface area contributed by atoms with Crippen LogP contribution in [0.15, 0.2) is 46.5 Å². The van der Waals surface area contributed by atoms with Gasteiger partial charge in [0.25, 0.3) is 0 Å². The van der Waals surface area contributed by atoms with Crippen LogP contribution >= 0.6 is 27.7 Å². The molecule has 0 spiro atoms. The molecule has 0 saturated carbocycles. The molecule has 0 fully saturated rings. The van der Waals surface area contributed by atoms with E-state index in [0.717, 1.165) is 21.1 Å². The third kappa shape index (κ3) is 4.71. The van der Waals surface area contributed by atoms with Gasteiger partial charge >= 0.3 is 0 Å². The number of carbonyl (C=O) groups excluding carboxylic acids is 1. The molecule has 0 bridgehead atoms. The molecule has 116 valence electrons. The summed E-state index contributed by atoms with van der Waals surface area (Å²) < 4.78 is 2.91. The number of amides is 1. The van der Waals surface area contributed by atoms with Crippen molar-refractivity contribution in [2.24, 2.45) is 0 Å². The summed E-state index contributed by atoms with van der Waals surface area (Å²) in [4.78, 5) is 11.9. The predicted octanol–water partition coefficient (Wildman–Crippen LogP) is 3.66. The van der Waals surface area contributed by atoms with E-state index < -0.39 is 0 Å². The highest BCUT2D eigenvalue weighted by Gasteiger charge is 2.09. The van der Waals surface area contributed by atoms with Crippen LogP contribution in [-0.4, -0.2) is 26.4 Å². The fraction of sp³-hybridized carbons (Fsp3) is 0.267. The van der Waals surface area contributed by atoms with E-state index in [2.05, 4.69) is 38.0 Å². The van der Waals surface area contributed by atoms with Crippen molar-refractivity contribution in [1.29, 1.82) is 0 Å². The molecule has 1 heterocycles. The van der Waals surface area contributed by atoms with E-state index in [0.29, 0.717) is 18.7 Å². The molecule has 0 aliphatic rings. The highest BCUT2D eigenvalue weighted by Crippen LogP contribution is 2.19. The predicted molar refractivity (Wildman–Crippen MR) is 93.1 cm³/mol. The van der Waals surface area contributed by atoms with Gasteiger partial charge in [-0.25, -0.2) is 0 Å². The molecule has 2 rings (SSSR count). The van der Waals surface area contributed by atoms with Crippen molar-refractivity contribution < 1.29 is 4.79 Å². The molecule has 0 unspecified atom stereocenters. The number of carbonyl (C=O) groups is 1. The number of hydrogen-bond acceptors (Lipinski definition) is 4. The van der Waals surface area contributed by atoms with Crippen LogP contribution in [0.4, 0.5) is 5.69 Å². The largest absolute Gasteiger partial charge is 0.326 e. The fourth-order valence-electron chi connectivity index (χ4n) is 1.83. The second-order valence-electron chi connectivity index (χ2n) is 4.59. The van der Waals surface area contributed by atoms with E-state index in [1.807, 2.05) is 35.8 Å². The quantitative estimate of drug-likeness (QED) is 0.588. The van der Waals surface area contributed by atoms with Crippen molar-refractivity contribution in [3.05, 3.63) is 47.2 Å². The molecule has 0 atom stereocenters. The van der Waals surface area contributed by atoms with Gasteiger partial charge in [0.1, 0.15) is 5.82 Å². The van der Waals surface area contributed by atoms with Gasteiger partial charge in [0, 0.05) is 28.9 Å². The van der Waals surface area contributed by atoms with Gasteiger partial charge in [0.05, 0.1) is 0 Å². The van der Waals surface area contributed by atoms with E-state index in [1.54, 1.807) is 6.08 Å². The highest BCUT2D eigenvalue weighted by molar-refractivity contribution is 9.10. The van der Waals surface area contributed by atoms with Gasteiger partial charge in [-0.15, -0.1) is 16.8 Å². The third-order valence-electron chi connectivity index (χ3n) is 2.88. The first-order valence-electron chi connectivity index (χ1n) is 6.79. The monoisotopic (exact) mass is 380 g/mol. The molecule has 0 radical (unpaired) electrons. The normalized spacial score (nSPS) is 10.5. The first-order valence-corrected chi connectivity index (χ1v) is 8.57. The van der Waals surface area contributed by atoms with Crippen molar-refractivity contribution >= 4 is 39.3 Å². The number of benzene rings is 1. The lowest BCUT2D eigenvalue weighted by atomic mass is 10.3. The molecule has 1 amide bonds. The summed E-state index contributed by atoms with van der Waals surface area (Å²) in [6.07, 6.45) is 2.22. The molecule has 1 N–H and O–H groups in total. The molecule has 0 aliphatic heterocycles. The molecule has 22 heavy (non-hydrogen) atoms. The van der Waals surface area contributed by atoms with Crippen molar-refractivity contribution in [1.82, 2.24) is 14.8 Å². The number of anilines is 1. The second-order valence-corrected chi connectivity index (χ2v) is 6.56. The van der Waals surface area contributed by atoms with Crippen molar-refractivity contribution in [2.45, 2.75) is 25.0 Å². The van der Waals surface area contributed by atoms with Crippen LogP contribution in [0, 0.1) is 6.92 Å². The Bertz CT molecular complexity index is 671. The number of nitrogens with one attached hydrogen (secondary N) is 1. The Kier molecular flexibility index (Phi) is 6.21. The zero-order chi connectivity index (χ0) is 15.9. The van der Waals surface area contributed by atoms with Gasteiger partial charge < -0.3 is 9.88 Å². The molecule has 0 aliphatic carbocycles. The highest BCUT2D eigenvalue weighted by atomic mass is 79.9. The molecule has 7 heteroatoms. The maximum Gasteiger partial charge on any atom is 0.225 e. The maximum absolute atomic E-state index is 11.9. The molecule has 1 aromatic heterocycles. The number of aromatic nitrogens is 3. The van der Waals surface area contributed by atoms with Crippen LogP contribution < -0.4 is 5.32 Å². The zero-order valence-electron chi connectivity index (χ0n) is 12.3. The van der Waals surface area contributed by atoms with Crippen LogP contribution in [0.1, 0.15) is 12.2 Å². The van der Waals surface area contributed by atoms with Crippen molar-refractivity contribution in [2.75, 3.05) is 11.1 Å². The summed E-state index contributed by atoms with van der Waals surface area (Å²) in [6, 6.07) is 7.53. The maximum atomic E-state index is 11.9. The lowest BCUT2D eigenvalue weighted by Crippen LogP contribution is -2.12. The lowest BCUT2D eigenvalue weighted by Gasteiger charge is -2.06. The Morgan fingerprint density at radius 3 is 3.05 bits per heavy atom. The molecule has 2 aromatic rings. The van der Waals surface area contributed by atoms with Crippen LogP contribution in [0.5, 0.6) is 0 Å². The Morgan fingerprint density at radius 1 is 1.50 bits per heavy atom. The summed E-state index contributed by atoms with van der Waals surface area (Å²) in [7, 11) is 0. The molecular weight excluding hydrogens is 364 g/mol. The van der Waals surface area contributed by atoms with Gasteiger partial charge in [0.15, 0.2) is 5.16 Å². The number of allylic oxidation sites excluding steroid dienone is 1. The summed E-state index contributed by atoms with van der Waals surface area (Å²) >= 11 is 4.90. The Morgan fingerprint density at radius 2 is 2.32 bits per heavy atom. The third-order valence-corrected chi connectivity index (χ3v) is 4.34. The fourth-order valence-corrected chi connectivity index (χ4v) is 3.16. The van der Waals surface area contributed by atoms with Gasteiger partial charge in [-0.05, 0) is 25.1 Å². The summed E-state index contributed by atoms with van der Waals surface area (Å²) in [6.45, 7) is 6.30. The van der Waals surface area contributed by atoms with Crippen LogP contribution in [-0.2, 0) is 11.3 Å². The average Bonchev–Trinajstić information content (AvgIpc) is 2.81. The van der Waals surface area contributed by atoms with Crippen molar-refractivity contribution in [3.8, 4) is 0 Å². The molecule has 5 nitrogen and oxygen atoms in total. The van der Waals surface area contributed by atoms with Gasteiger partial charge in [-0.3, -0.25) is 4.79 Å². The molecule has 0 saturated heterocycles. The van der Waals surface area contributed by atoms with E-state index in [1.165, 1.54) is 11.8 Å².